The van der Waals surface area contributed by atoms with Crippen LogP contribution in [0.4, 0.5) is 4.79 Å². The lowest BCUT2D eigenvalue weighted by atomic mass is 10.1. The Balaban J connectivity index is 1.63. The molecule has 1 fully saturated rings. The number of piperazine rings is 1. The van der Waals surface area contributed by atoms with Gasteiger partial charge in [-0.25, -0.2) is 4.79 Å². The zero-order valence-electron chi connectivity index (χ0n) is 14.6. The number of unbranched alkanes of at least 4 members (excludes halogenated alkanes) is 3. The van der Waals surface area contributed by atoms with Crippen molar-refractivity contribution in [1.29, 1.82) is 0 Å². The lowest BCUT2D eigenvalue weighted by Crippen LogP contribution is -2.52. The number of nitrogens with zero attached hydrogens (tertiary/aromatic N) is 2. The summed E-state index contributed by atoms with van der Waals surface area (Å²) in [6, 6.07) is 4.27. The summed E-state index contributed by atoms with van der Waals surface area (Å²) in [5.74, 6) is 0.989. The van der Waals surface area contributed by atoms with Crippen molar-refractivity contribution in [1.82, 2.24) is 15.1 Å². The van der Waals surface area contributed by atoms with Gasteiger partial charge in [-0.2, -0.15) is 0 Å². The quantitative estimate of drug-likeness (QED) is 0.746. The van der Waals surface area contributed by atoms with Crippen molar-refractivity contribution in [2.75, 3.05) is 26.2 Å². The molecule has 1 N–H and O–H groups in total. The van der Waals surface area contributed by atoms with Crippen molar-refractivity contribution in [3.63, 3.8) is 0 Å². The normalized spacial score (nSPS) is 17.2. The van der Waals surface area contributed by atoms with E-state index in [1.165, 1.54) is 25.7 Å². The highest BCUT2D eigenvalue weighted by Crippen LogP contribution is 2.10. The predicted molar refractivity (Wildman–Crippen MR) is 92.3 cm³/mol. The van der Waals surface area contributed by atoms with E-state index in [0.29, 0.717) is 0 Å². The molecule has 1 aromatic heterocycles. The van der Waals surface area contributed by atoms with E-state index in [4.69, 9.17) is 4.42 Å². The number of hydrogen-bond donors (Lipinski definition) is 1. The van der Waals surface area contributed by atoms with Crippen LogP contribution in [0.1, 0.15) is 51.7 Å². The van der Waals surface area contributed by atoms with Gasteiger partial charge in [0.2, 0.25) is 0 Å². The highest BCUT2D eigenvalue weighted by atomic mass is 16.3. The van der Waals surface area contributed by atoms with Crippen molar-refractivity contribution in [3.05, 3.63) is 24.2 Å². The van der Waals surface area contributed by atoms with Gasteiger partial charge in [0.1, 0.15) is 5.76 Å². The molecule has 1 aliphatic rings. The van der Waals surface area contributed by atoms with Gasteiger partial charge in [0.05, 0.1) is 12.8 Å². The predicted octanol–water partition coefficient (Wildman–Crippen LogP) is 3.47. The first-order chi connectivity index (χ1) is 11.2. The minimum absolute atomic E-state index is 0.0886. The summed E-state index contributed by atoms with van der Waals surface area (Å²) in [6.45, 7) is 8.53. The van der Waals surface area contributed by atoms with E-state index >= 15 is 0 Å². The largest absolute Gasteiger partial charge is 0.468 e. The fourth-order valence-corrected chi connectivity index (χ4v) is 2.98. The summed E-state index contributed by atoms with van der Waals surface area (Å²) in [5, 5.41) is 3.14. The summed E-state index contributed by atoms with van der Waals surface area (Å²) >= 11 is 0. The molecule has 130 valence electrons. The molecule has 0 spiro atoms. The number of hydrogen-bond acceptors (Lipinski definition) is 3. The van der Waals surface area contributed by atoms with Gasteiger partial charge in [0, 0.05) is 32.2 Å². The summed E-state index contributed by atoms with van der Waals surface area (Å²) in [5.41, 5.74) is 0. The summed E-state index contributed by atoms with van der Waals surface area (Å²) in [6.07, 6.45) is 7.79. The van der Waals surface area contributed by atoms with Crippen molar-refractivity contribution >= 4 is 6.03 Å². The number of furan rings is 1. The minimum atomic E-state index is 0.0886. The van der Waals surface area contributed by atoms with Crippen LogP contribution < -0.4 is 5.32 Å². The first-order valence-corrected chi connectivity index (χ1v) is 8.99. The molecule has 1 saturated heterocycles. The smallest absolute Gasteiger partial charge is 0.317 e. The molecule has 1 aliphatic heterocycles. The molecular weight excluding hydrogens is 290 g/mol. The fraction of sp³-hybridized carbons (Fsp3) is 0.722. The Kier molecular flexibility index (Phi) is 7.46. The number of amides is 2. The van der Waals surface area contributed by atoms with E-state index in [0.717, 1.165) is 44.9 Å². The molecule has 0 bridgehead atoms. The Hall–Kier alpha value is -1.49. The van der Waals surface area contributed by atoms with E-state index in [1.807, 2.05) is 17.0 Å². The molecule has 1 unspecified atom stereocenters. The van der Waals surface area contributed by atoms with Crippen molar-refractivity contribution in [3.8, 4) is 0 Å². The molecule has 23 heavy (non-hydrogen) atoms. The number of rotatable bonds is 8. The van der Waals surface area contributed by atoms with Crippen LogP contribution in [0, 0.1) is 0 Å². The van der Waals surface area contributed by atoms with E-state index < -0.39 is 0 Å². The molecule has 5 nitrogen and oxygen atoms in total. The zero-order valence-corrected chi connectivity index (χ0v) is 14.6. The van der Waals surface area contributed by atoms with Gasteiger partial charge in [0.25, 0.3) is 0 Å². The van der Waals surface area contributed by atoms with Gasteiger partial charge < -0.3 is 14.6 Å². The summed E-state index contributed by atoms with van der Waals surface area (Å²) < 4.78 is 5.38. The van der Waals surface area contributed by atoms with Gasteiger partial charge in [-0.3, -0.25) is 4.90 Å². The Morgan fingerprint density at radius 2 is 2.04 bits per heavy atom. The first-order valence-electron chi connectivity index (χ1n) is 8.99. The van der Waals surface area contributed by atoms with Crippen LogP contribution in [0.15, 0.2) is 22.8 Å². The van der Waals surface area contributed by atoms with Gasteiger partial charge in [-0.05, 0) is 25.5 Å². The lowest BCUT2D eigenvalue weighted by Gasteiger charge is -2.34. The standard InChI is InChI=1S/C18H31N3O2/c1-3-4-5-6-8-16(2)19-18(22)21-12-10-20(11-13-21)15-17-9-7-14-23-17/h7,9,14,16H,3-6,8,10-13,15H2,1-2H3,(H,19,22). The monoisotopic (exact) mass is 321 g/mol. The molecule has 2 heterocycles. The molecule has 0 radical (unpaired) electrons. The summed E-state index contributed by atoms with van der Waals surface area (Å²) in [7, 11) is 0. The number of carbonyl (C=O) groups is 1. The molecule has 2 rings (SSSR count). The molecular formula is C18H31N3O2. The third-order valence-electron chi connectivity index (χ3n) is 4.48. The SMILES string of the molecule is CCCCCCC(C)NC(=O)N1CCN(Cc2ccco2)CC1. The van der Waals surface area contributed by atoms with Crippen molar-refractivity contribution < 1.29 is 9.21 Å². The van der Waals surface area contributed by atoms with E-state index in [-0.39, 0.29) is 12.1 Å². The fourth-order valence-electron chi connectivity index (χ4n) is 2.98. The van der Waals surface area contributed by atoms with E-state index in [1.54, 1.807) is 6.26 Å². The number of urea groups is 1. The van der Waals surface area contributed by atoms with Crippen LogP contribution in [-0.2, 0) is 6.54 Å². The van der Waals surface area contributed by atoms with Crippen molar-refractivity contribution in [2.45, 2.75) is 58.5 Å². The van der Waals surface area contributed by atoms with Gasteiger partial charge >= 0.3 is 6.03 Å². The van der Waals surface area contributed by atoms with Crippen LogP contribution in [0.2, 0.25) is 0 Å². The second-order valence-corrected chi connectivity index (χ2v) is 6.54. The minimum Gasteiger partial charge on any atom is -0.468 e. The Labute approximate surface area is 140 Å². The van der Waals surface area contributed by atoms with Crippen LogP contribution >= 0.6 is 0 Å². The first kappa shape index (κ1) is 17.9. The van der Waals surface area contributed by atoms with Gasteiger partial charge in [-0.1, -0.05) is 32.6 Å². The zero-order chi connectivity index (χ0) is 16.5. The Morgan fingerprint density at radius 1 is 1.26 bits per heavy atom. The molecule has 2 amide bonds. The maximum absolute atomic E-state index is 12.3. The number of carbonyl (C=O) groups excluding carboxylic acids is 1. The second-order valence-electron chi connectivity index (χ2n) is 6.54. The van der Waals surface area contributed by atoms with Gasteiger partial charge in [-0.15, -0.1) is 0 Å². The molecule has 0 aliphatic carbocycles. The van der Waals surface area contributed by atoms with Gasteiger partial charge in [0.15, 0.2) is 0 Å². The third-order valence-corrected chi connectivity index (χ3v) is 4.48. The third kappa shape index (κ3) is 6.26. The molecule has 1 aromatic rings. The Bertz CT molecular complexity index is 439. The molecule has 0 aromatic carbocycles. The highest BCUT2D eigenvalue weighted by molar-refractivity contribution is 5.74. The maximum atomic E-state index is 12.3. The van der Waals surface area contributed by atoms with E-state index in [9.17, 15) is 4.79 Å². The lowest BCUT2D eigenvalue weighted by molar-refractivity contribution is 0.128. The highest BCUT2D eigenvalue weighted by Gasteiger charge is 2.22. The van der Waals surface area contributed by atoms with E-state index in [2.05, 4.69) is 24.1 Å². The van der Waals surface area contributed by atoms with Crippen LogP contribution in [0.5, 0.6) is 0 Å². The van der Waals surface area contributed by atoms with Crippen LogP contribution in [-0.4, -0.2) is 48.1 Å². The van der Waals surface area contributed by atoms with Crippen LogP contribution in [0.3, 0.4) is 0 Å². The van der Waals surface area contributed by atoms with Crippen molar-refractivity contribution in [2.24, 2.45) is 0 Å². The average molecular weight is 321 g/mol. The average Bonchev–Trinajstić information content (AvgIpc) is 3.05. The molecule has 1 atom stereocenters. The second kappa shape index (κ2) is 9.60. The molecule has 5 heteroatoms. The Morgan fingerprint density at radius 3 is 2.70 bits per heavy atom. The maximum Gasteiger partial charge on any atom is 0.317 e. The number of nitrogens with one attached hydrogen (secondary N) is 1. The molecule has 0 saturated carbocycles. The summed E-state index contributed by atoms with van der Waals surface area (Å²) in [4.78, 5) is 16.6. The topological polar surface area (TPSA) is 48.7 Å². The van der Waals surface area contributed by atoms with Crippen LogP contribution in [0.25, 0.3) is 0 Å².